The van der Waals surface area contributed by atoms with Gasteiger partial charge < -0.3 is 29.7 Å². The maximum atomic E-state index is 5.67. The third-order valence-electron chi connectivity index (χ3n) is 5.17. The van der Waals surface area contributed by atoms with Crippen molar-refractivity contribution in [2.24, 2.45) is 4.99 Å². The fourth-order valence-electron chi connectivity index (χ4n) is 3.66. The van der Waals surface area contributed by atoms with Crippen LogP contribution in [0.2, 0.25) is 0 Å². The third-order valence-corrected chi connectivity index (χ3v) is 5.17. The highest BCUT2D eigenvalue weighted by Gasteiger charge is 2.25. The fraction of sp³-hybridized carbons (Fsp3) is 0.435. The van der Waals surface area contributed by atoms with Crippen LogP contribution >= 0.6 is 24.0 Å². The molecule has 7 nitrogen and oxygen atoms in total. The minimum Gasteiger partial charge on any atom is -0.495 e. The summed E-state index contributed by atoms with van der Waals surface area (Å²) in [5.41, 5.74) is 2.23. The molecule has 1 saturated heterocycles. The van der Waals surface area contributed by atoms with Gasteiger partial charge in [0.25, 0.3) is 0 Å². The van der Waals surface area contributed by atoms with Crippen LogP contribution in [0.4, 0.5) is 5.69 Å². The van der Waals surface area contributed by atoms with E-state index in [-0.39, 0.29) is 24.0 Å². The number of ether oxygens (including phenoxy) is 3. The topological polar surface area (TPSA) is 67.4 Å². The number of halogens is 1. The highest BCUT2D eigenvalue weighted by molar-refractivity contribution is 14.0. The lowest BCUT2D eigenvalue weighted by molar-refractivity contribution is 0.310. The predicted octanol–water partition coefficient (Wildman–Crippen LogP) is 3.66. The van der Waals surface area contributed by atoms with Crippen molar-refractivity contribution in [1.82, 2.24) is 10.6 Å². The van der Waals surface area contributed by atoms with Crippen LogP contribution in [0.1, 0.15) is 18.9 Å². The monoisotopic (exact) mass is 540 g/mol. The van der Waals surface area contributed by atoms with Gasteiger partial charge in [-0.2, -0.15) is 0 Å². The summed E-state index contributed by atoms with van der Waals surface area (Å²) >= 11 is 0. The number of nitrogens with one attached hydrogen (secondary N) is 2. The summed E-state index contributed by atoms with van der Waals surface area (Å²) in [5, 5.41) is 6.93. The average molecular weight is 540 g/mol. The van der Waals surface area contributed by atoms with Crippen molar-refractivity contribution in [3.05, 3.63) is 48.0 Å². The minimum absolute atomic E-state index is 0. The second-order valence-electron chi connectivity index (χ2n) is 7.09. The van der Waals surface area contributed by atoms with Gasteiger partial charge in [-0.15, -0.1) is 24.0 Å². The molecule has 0 aliphatic carbocycles. The van der Waals surface area contributed by atoms with E-state index in [0.717, 1.165) is 54.0 Å². The van der Waals surface area contributed by atoms with Gasteiger partial charge in [0.2, 0.25) is 0 Å². The number of nitrogens with zero attached hydrogens (tertiary/aromatic N) is 2. The zero-order valence-electron chi connectivity index (χ0n) is 18.7. The van der Waals surface area contributed by atoms with Crippen molar-refractivity contribution in [3.8, 4) is 17.2 Å². The largest absolute Gasteiger partial charge is 0.495 e. The second kappa shape index (κ2) is 12.5. The Kier molecular flexibility index (Phi) is 10.0. The minimum atomic E-state index is 0. The lowest BCUT2D eigenvalue weighted by atomic mass is 10.2. The fourth-order valence-corrected chi connectivity index (χ4v) is 3.66. The quantitative estimate of drug-likeness (QED) is 0.303. The number of guanidine groups is 1. The van der Waals surface area contributed by atoms with Gasteiger partial charge in [0, 0.05) is 32.7 Å². The molecule has 2 N–H and O–H groups in total. The Morgan fingerprint density at radius 2 is 1.87 bits per heavy atom. The van der Waals surface area contributed by atoms with Gasteiger partial charge in [-0.3, -0.25) is 4.99 Å². The number of aliphatic imine (C=N–C) groups is 1. The molecule has 1 aliphatic rings. The molecule has 0 amide bonds. The zero-order chi connectivity index (χ0) is 21.3. The van der Waals surface area contributed by atoms with Crippen molar-refractivity contribution in [2.45, 2.75) is 25.9 Å². The SMILES string of the molecule is CCOc1cc(CNC(=NC)NC2CCN(c3ccccc3OC)C2)ccc1OC.I. The number of para-hydroxylation sites is 2. The molecule has 1 unspecified atom stereocenters. The van der Waals surface area contributed by atoms with Gasteiger partial charge in [-0.05, 0) is 43.2 Å². The number of benzene rings is 2. The molecule has 8 heteroatoms. The van der Waals surface area contributed by atoms with Crippen LogP contribution in [-0.4, -0.2) is 53.0 Å². The molecule has 0 spiro atoms. The molecule has 2 aromatic rings. The van der Waals surface area contributed by atoms with Crippen LogP contribution in [0, 0.1) is 0 Å². The second-order valence-corrected chi connectivity index (χ2v) is 7.09. The van der Waals surface area contributed by atoms with E-state index in [4.69, 9.17) is 14.2 Å². The first-order valence-electron chi connectivity index (χ1n) is 10.3. The van der Waals surface area contributed by atoms with E-state index in [1.165, 1.54) is 0 Å². The average Bonchev–Trinajstić information content (AvgIpc) is 3.25. The molecule has 1 aliphatic heterocycles. The standard InChI is InChI=1S/C23H32N4O3.HI/c1-5-30-22-14-17(10-11-21(22)29-4)15-25-23(24-2)26-18-12-13-27(16-18)19-8-6-7-9-20(19)28-3;/h6-11,14,18H,5,12-13,15-16H2,1-4H3,(H2,24,25,26);1H. The van der Waals surface area contributed by atoms with Crippen LogP contribution in [0.15, 0.2) is 47.5 Å². The smallest absolute Gasteiger partial charge is 0.191 e. The maximum absolute atomic E-state index is 5.67. The first kappa shape index (κ1) is 24.9. The van der Waals surface area contributed by atoms with Gasteiger partial charge in [0.05, 0.1) is 26.5 Å². The first-order valence-corrected chi connectivity index (χ1v) is 10.3. The van der Waals surface area contributed by atoms with E-state index < -0.39 is 0 Å². The molecule has 0 bridgehead atoms. The molecule has 31 heavy (non-hydrogen) atoms. The molecule has 0 aromatic heterocycles. The van der Waals surface area contributed by atoms with E-state index in [1.807, 2.05) is 43.3 Å². The Bertz CT molecular complexity index is 862. The highest BCUT2D eigenvalue weighted by Crippen LogP contribution is 2.30. The first-order chi connectivity index (χ1) is 14.7. The summed E-state index contributed by atoms with van der Waals surface area (Å²) in [6.07, 6.45) is 1.04. The van der Waals surface area contributed by atoms with Gasteiger partial charge in [0.1, 0.15) is 5.75 Å². The van der Waals surface area contributed by atoms with Gasteiger partial charge >= 0.3 is 0 Å². The summed E-state index contributed by atoms with van der Waals surface area (Å²) < 4.78 is 16.5. The molecule has 1 fully saturated rings. The van der Waals surface area contributed by atoms with Gasteiger partial charge in [-0.25, -0.2) is 0 Å². The molecule has 0 radical (unpaired) electrons. The third kappa shape index (κ3) is 6.56. The van der Waals surface area contributed by atoms with Crippen LogP contribution < -0.4 is 29.7 Å². The number of rotatable bonds is 8. The van der Waals surface area contributed by atoms with E-state index in [0.29, 0.717) is 19.2 Å². The molecular formula is C23H33IN4O3. The summed E-state index contributed by atoms with van der Waals surface area (Å²) in [7, 11) is 5.16. The summed E-state index contributed by atoms with van der Waals surface area (Å²) in [6, 6.07) is 14.4. The van der Waals surface area contributed by atoms with Gasteiger partial charge in [-0.1, -0.05) is 18.2 Å². The molecular weight excluding hydrogens is 507 g/mol. The lowest BCUT2D eigenvalue weighted by Crippen LogP contribution is -2.44. The van der Waals surface area contributed by atoms with Crippen molar-refractivity contribution in [1.29, 1.82) is 0 Å². The molecule has 1 heterocycles. The summed E-state index contributed by atoms with van der Waals surface area (Å²) in [4.78, 5) is 6.73. The summed E-state index contributed by atoms with van der Waals surface area (Å²) in [5.74, 6) is 3.19. The van der Waals surface area contributed by atoms with Crippen molar-refractivity contribution in [2.75, 3.05) is 45.9 Å². The molecule has 0 saturated carbocycles. The van der Waals surface area contributed by atoms with E-state index >= 15 is 0 Å². The lowest BCUT2D eigenvalue weighted by Gasteiger charge is -2.22. The van der Waals surface area contributed by atoms with E-state index in [1.54, 1.807) is 21.3 Å². The Morgan fingerprint density at radius 1 is 1.10 bits per heavy atom. The number of hydrogen-bond donors (Lipinski definition) is 2. The van der Waals surface area contributed by atoms with E-state index in [2.05, 4.69) is 26.6 Å². The van der Waals surface area contributed by atoms with Crippen molar-refractivity contribution >= 4 is 35.6 Å². The van der Waals surface area contributed by atoms with Crippen LogP contribution in [0.5, 0.6) is 17.2 Å². The Hall–Kier alpha value is -2.36. The van der Waals surface area contributed by atoms with Crippen LogP contribution in [-0.2, 0) is 6.54 Å². The van der Waals surface area contributed by atoms with Gasteiger partial charge in [0.15, 0.2) is 17.5 Å². The molecule has 170 valence electrons. The predicted molar refractivity (Wildman–Crippen MR) is 137 cm³/mol. The zero-order valence-corrected chi connectivity index (χ0v) is 21.0. The highest BCUT2D eigenvalue weighted by atomic mass is 127. The van der Waals surface area contributed by atoms with Crippen molar-refractivity contribution in [3.63, 3.8) is 0 Å². The maximum Gasteiger partial charge on any atom is 0.191 e. The van der Waals surface area contributed by atoms with Crippen molar-refractivity contribution < 1.29 is 14.2 Å². The summed E-state index contributed by atoms with van der Waals surface area (Å²) in [6.45, 7) is 5.09. The number of hydrogen-bond acceptors (Lipinski definition) is 5. The molecule has 3 rings (SSSR count). The Labute approximate surface area is 202 Å². The van der Waals surface area contributed by atoms with Crippen LogP contribution in [0.25, 0.3) is 0 Å². The Morgan fingerprint density at radius 3 is 2.58 bits per heavy atom. The van der Waals surface area contributed by atoms with E-state index in [9.17, 15) is 0 Å². The van der Waals surface area contributed by atoms with Crippen LogP contribution in [0.3, 0.4) is 0 Å². The number of anilines is 1. The molecule has 1 atom stereocenters. The molecule has 2 aromatic carbocycles. The normalized spacial score (nSPS) is 15.8. The number of methoxy groups -OCH3 is 2. The Balaban J connectivity index is 0.00000341.